The van der Waals surface area contributed by atoms with Gasteiger partial charge in [-0.3, -0.25) is 0 Å². The van der Waals surface area contributed by atoms with Crippen LogP contribution in [-0.2, 0) is 16.6 Å². The lowest BCUT2D eigenvalue weighted by Crippen LogP contribution is -2.35. The number of benzene rings is 1. The van der Waals surface area contributed by atoms with Gasteiger partial charge in [0.1, 0.15) is 22.4 Å². The summed E-state index contributed by atoms with van der Waals surface area (Å²) < 4.78 is 36.4. The quantitative estimate of drug-likeness (QED) is 0.805. The Labute approximate surface area is 144 Å². The second kappa shape index (κ2) is 7.12. The fourth-order valence-corrected chi connectivity index (χ4v) is 4.52. The summed E-state index contributed by atoms with van der Waals surface area (Å²) in [5, 5.41) is 3.86. The Balaban J connectivity index is 1.68. The SMILES string of the molecule is O=S(=O)(c1ccc(OCc2nnsc2Cl)cc1)N1CCCCC1. The number of halogens is 1. The summed E-state index contributed by atoms with van der Waals surface area (Å²) in [5.74, 6) is 0.562. The first-order chi connectivity index (χ1) is 11.1. The van der Waals surface area contributed by atoms with E-state index in [1.807, 2.05) is 0 Å². The number of rotatable bonds is 5. The Hall–Kier alpha value is -1.22. The van der Waals surface area contributed by atoms with E-state index in [0.717, 1.165) is 30.8 Å². The van der Waals surface area contributed by atoms with Crippen molar-refractivity contribution in [2.45, 2.75) is 30.8 Å². The van der Waals surface area contributed by atoms with Gasteiger partial charge in [-0.25, -0.2) is 8.42 Å². The first-order valence-corrected chi connectivity index (χ1v) is 9.86. The van der Waals surface area contributed by atoms with Gasteiger partial charge in [0, 0.05) is 24.6 Å². The predicted molar refractivity (Wildman–Crippen MR) is 88.3 cm³/mol. The molecular formula is C14H16ClN3O3S2. The van der Waals surface area contributed by atoms with E-state index in [0.29, 0.717) is 33.8 Å². The molecule has 9 heteroatoms. The highest BCUT2D eigenvalue weighted by atomic mass is 35.5. The zero-order chi connectivity index (χ0) is 16.3. The van der Waals surface area contributed by atoms with Crippen LogP contribution in [0.25, 0.3) is 0 Å². The van der Waals surface area contributed by atoms with Crippen molar-refractivity contribution in [1.29, 1.82) is 0 Å². The lowest BCUT2D eigenvalue weighted by atomic mass is 10.2. The van der Waals surface area contributed by atoms with Crippen LogP contribution in [0.5, 0.6) is 5.75 Å². The molecule has 2 heterocycles. The summed E-state index contributed by atoms with van der Waals surface area (Å²) in [4.78, 5) is 0.292. The smallest absolute Gasteiger partial charge is 0.243 e. The molecule has 0 unspecified atom stereocenters. The van der Waals surface area contributed by atoms with E-state index in [1.54, 1.807) is 28.6 Å². The average Bonchev–Trinajstić information content (AvgIpc) is 2.99. The highest BCUT2D eigenvalue weighted by Crippen LogP contribution is 2.24. The van der Waals surface area contributed by atoms with Crippen molar-refractivity contribution in [2.24, 2.45) is 0 Å². The van der Waals surface area contributed by atoms with Gasteiger partial charge in [0.2, 0.25) is 10.0 Å². The van der Waals surface area contributed by atoms with Crippen molar-refractivity contribution >= 4 is 33.2 Å². The van der Waals surface area contributed by atoms with Crippen molar-refractivity contribution in [1.82, 2.24) is 13.9 Å². The third kappa shape index (κ3) is 3.82. The summed E-state index contributed by atoms with van der Waals surface area (Å²) in [6, 6.07) is 6.43. The maximum atomic E-state index is 12.5. The first kappa shape index (κ1) is 16.6. The van der Waals surface area contributed by atoms with Crippen LogP contribution >= 0.6 is 23.1 Å². The topological polar surface area (TPSA) is 72.4 Å². The van der Waals surface area contributed by atoms with Crippen LogP contribution in [-0.4, -0.2) is 35.4 Å². The molecule has 6 nitrogen and oxygen atoms in total. The standard InChI is InChI=1S/C14H16ClN3O3S2/c15-14-13(16-17-22-14)10-21-11-4-6-12(7-5-11)23(19,20)18-8-2-1-3-9-18/h4-7H,1-3,8-10H2. The van der Waals surface area contributed by atoms with Crippen LogP contribution in [0.3, 0.4) is 0 Å². The Morgan fingerprint density at radius 1 is 1.17 bits per heavy atom. The summed E-state index contributed by atoms with van der Waals surface area (Å²) in [6.07, 6.45) is 2.93. The number of aromatic nitrogens is 2. The van der Waals surface area contributed by atoms with E-state index in [2.05, 4.69) is 9.59 Å². The first-order valence-electron chi connectivity index (χ1n) is 7.27. The summed E-state index contributed by atoms with van der Waals surface area (Å²) in [6.45, 7) is 1.39. The van der Waals surface area contributed by atoms with Crippen LogP contribution in [0.1, 0.15) is 25.0 Å². The predicted octanol–water partition coefficient (Wildman–Crippen LogP) is 2.95. The van der Waals surface area contributed by atoms with Gasteiger partial charge < -0.3 is 4.74 Å². The van der Waals surface area contributed by atoms with E-state index in [-0.39, 0.29) is 6.61 Å². The summed E-state index contributed by atoms with van der Waals surface area (Å²) >= 11 is 7.01. The second-order valence-electron chi connectivity index (χ2n) is 5.22. The van der Waals surface area contributed by atoms with Crippen molar-refractivity contribution in [3.63, 3.8) is 0 Å². The number of piperidine rings is 1. The highest BCUT2D eigenvalue weighted by Gasteiger charge is 2.25. The minimum Gasteiger partial charge on any atom is -0.487 e. The van der Waals surface area contributed by atoms with Gasteiger partial charge in [-0.05, 0) is 37.1 Å². The number of ether oxygens (including phenoxy) is 1. The normalized spacial score (nSPS) is 16.4. The van der Waals surface area contributed by atoms with Gasteiger partial charge in [-0.2, -0.15) is 4.31 Å². The number of hydrogen-bond donors (Lipinski definition) is 0. The molecule has 1 aliphatic rings. The van der Waals surface area contributed by atoms with Crippen LogP contribution in [0.2, 0.25) is 4.34 Å². The Morgan fingerprint density at radius 3 is 2.48 bits per heavy atom. The van der Waals surface area contributed by atoms with E-state index in [1.165, 1.54) is 0 Å². The van der Waals surface area contributed by atoms with Crippen molar-refractivity contribution in [2.75, 3.05) is 13.1 Å². The zero-order valence-corrected chi connectivity index (χ0v) is 14.7. The van der Waals surface area contributed by atoms with Gasteiger partial charge in [0.05, 0.1) is 4.90 Å². The molecule has 1 aromatic carbocycles. The fourth-order valence-electron chi connectivity index (χ4n) is 2.40. The number of sulfonamides is 1. The molecule has 1 aromatic heterocycles. The molecule has 0 saturated carbocycles. The second-order valence-corrected chi connectivity index (χ2v) is 8.51. The van der Waals surface area contributed by atoms with Crippen LogP contribution < -0.4 is 4.74 Å². The van der Waals surface area contributed by atoms with E-state index >= 15 is 0 Å². The largest absolute Gasteiger partial charge is 0.487 e. The van der Waals surface area contributed by atoms with E-state index in [9.17, 15) is 8.42 Å². The van der Waals surface area contributed by atoms with Crippen molar-refractivity contribution in [3.05, 3.63) is 34.3 Å². The maximum Gasteiger partial charge on any atom is 0.243 e. The third-order valence-corrected chi connectivity index (χ3v) is 6.56. The zero-order valence-electron chi connectivity index (χ0n) is 12.3. The van der Waals surface area contributed by atoms with Gasteiger partial charge in [-0.1, -0.05) is 22.5 Å². The van der Waals surface area contributed by atoms with Crippen LogP contribution in [0, 0.1) is 0 Å². The number of nitrogens with zero attached hydrogens (tertiary/aromatic N) is 3. The Kier molecular flexibility index (Phi) is 5.15. The molecule has 1 aliphatic heterocycles. The molecular weight excluding hydrogens is 358 g/mol. The molecule has 0 amide bonds. The van der Waals surface area contributed by atoms with Crippen molar-refractivity contribution < 1.29 is 13.2 Å². The molecule has 0 bridgehead atoms. The third-order valence-electron chi connectivity index (χ3n) is 3.66. The van der Waals surface area contributed by atoms with E-state index in [4.69, 9.17) is 16.3 Å². The molecule has 0 atom stereocenters. The van der Waals surface area contributed by atoms with Gasteiger partial charge in [-0.15, -0.1) is 5.10 Å². The highest BCUT2D eigenvalue weighted by molar-refractivity contribution is 7.89. The van der Waals surface area contributed by atoms with Crippen molar-refractivity contribution in [3.8, 4) is 5.75 Å². The van der Waals surface area contributed by atoms with Crippen LogP contribution in [0.15, 0.2) is 29.2 Å². The lowest BCUT2D eigenvalue weighted by molar-refractivity contribution is 0.301. The van der Waals surface area contributed by atoms with E-state index < -0.39 is 10.0 Å². The average molecular weight is 374 g/mol. The maximum absolute atomic E-state index is 12.5. The molecule has 0 radical (unpaired) electrons. The monoisotopic (exact) mass is 373 g/mol. The fraction of sp³-hybridized carbons (Fsp3) is 0.429. The molecule has 1 fully saturated rings. The Morgan fingerprint density at radius 2 is 1.87 bits per heavy atom. The Bertz CT molecular complexity index is 756. The minimum atomic E-state index is -3.41. The molecule has 124 valence electrons. The molecule has 2 aromatic rings. The molecule has 0 N–H and O–H groups in total. The molecule has 23 heavy (non-hydrogen) atoms. The molecule has 3 rings (SSSR count). The van der Waals surface area contributed by atoms with Crippen LogP contribution in [0.4, 0.5) is 0 Å². The van der Waals surface area contributed by atoms with Gasteiger partial charge in [0.15, 0.2) is 0 Å². The summed E-state index contributed by atoms with van der Waals surface area (Å²) in [5.41, 5.74) is 0.571. The lowest BCUT2D eigenvalue weighted by Gasteiger charge is -2.25. The summed E-state index contributed by atoms with van der Waals surface area (Å²) in [7, 11) is -3.41. The number of hydrogen-bond acceptors (Lipinski definition) is 6. The molecule has 0 aliphatic carbocycles. The minimum absolute atomic E-state index is 0.202. The molecule has 1 saturated heterocycles. The van der Waals surface area contributed by atoms with Gasteiger partial charge >= 0.3 is 0 Å². The van der Waals surface area contributed by atoms with Gasteiger partial charge in [0.25, 0.3) is 0 Å². The molecule has 0 spiro atoms.